The van der Waals surface area contributed by atoms with E-state index < -0.39 is 0 Å². The Morgan fingerprint density at radius 1 is 1.10 bits per heavy atom. The van der Waals surface area contributed by atoms with Crippen LogP contribution >= 0.6 is 11.3 Å². The Labute approximate surface area is 129 Å². The molecule has 0 saturated heterocycles. The number of aromatic nitrogens is 1. The molecule has 0 bridgehead atoms. The highest BCUT2D eigenvalue weighted by Crippen LogP contribution is 2.35. The Morgan fingerprint density at radius 3 is 2.38 bits per heavy atom. The van der Waals surface area contributed by atoms with E-state index in [4.69, 9.17) is 9.47 Å². The molecule has 2 aromatic rings. The van der Waals surface area contributed by atoms with Crippen molar-refractivity contribution in [2.24, 2.45) is 0 Å². The summed E-state index contributed by atoms with van der Waals surface area (Å²) in [4.78, 5) is 5.54. The zero-order valence-corrected chi connectivity index (χ0v) is 13.5. The molecule has 4 nitrogen and oxygen atoms in total. The third kappa shape index (κ3) is 3.54. The summed E-state index contributed by atoms with van der Waals surface area (Å²) < 4.78 is 11.2. The lowest BCUT2D eigenvalue weighted by molar-refractivity contribution is 0.284. The second kappa shape index (κ2) is 7.43. The minimum absolute atomic E-state index is 0.0379. The zero-order chi connectivity index (χ0) is 15.2. The molecule has 0 aliphatic heterocycles. The van der Waals surface area contributed by atoms with Crippen molar-refractivity contribution in [3.05, 3.63) is 28.8 Å². The summed E-state index contributed by atoms with van der Waals surface area (Å²) in [6.45, 7) is 7.17. The summed E-state index contributed by atoms with van der Waals surface area (Å²) in [6, 6.07) is 5.84. The van der Waals surface area contributed by atoms with E-state index >= 15 is 0 Å². The molecule has 0 spiro atoms. The van der Waals surface area contributed by atoms with Gasteiger partial charge in [-0.2, -0.15) is 0 Å². The van der Waals surface area contributed by atoms with Gasteiger partial charge in [0, 0.05) is 5.56 Å². The van der Waals surface area contributed by atoms with Crippen LogP contribution in [0.5, 0.6) is 11.5 Å². The van der Waals surface area contributed by atoms with Crippen LogP contribution in [-0.4, -0.2) is 23.3 Å². The summed E-state index contributed by atoms with van der Waals surface area (Å²) in [5.74, 6) is 1.48. The molecule has 0 atom stereocenters. The van der Waals surface area contributed by atoms with Gasteiger partial charge in [-0.05, 0) is 38.5 Å². The maximum absolute atomic E-state index is 9.39. The second-order valence-corrected chi connectivity index (χ2v) is 5.51. The SMILES string of the molecule is CCOc1ccc(-c2nc(CC)c(CO)s2)cc1OCC. The molecule has 1 aromatic heterocycles. The molecule has 2 rings (SSSR count). The highest BCUT2D eigenvalue weighted by Gasteiger charge is 2.13. The maximum atomic E-state index is 9.39. The Morgan fingerprint density at radius 2 is 1.81 bits per heavy atom. The number of aryl methyl sites for hydroxylation is 1. The van der Waals surface area contributed by atoms with E-state index in [-0.39, 0.29) is 6.61 Å². The molecule has 0 radical (unpaired) electrons. The minimum Gasteiger partial charge on any atom is -0.490 e. The highest BCUT2D eigenvalue weighted by molar-refractivity contribution is 7.15. The summed E-state index contributed by atoms with van der Waals surface area (Å²) in [6.07, 6.45) is 0.821. The van der Waals surface area contributed by atoms with Gasteiger partial charge in [0.15, 0.2) is 11.5 Å². The van der Waals surface area contributed by atoms with Gasteiger partial charge < -0.3 is 14.6 Å². The molecule has 0 amide bonds. The van der Waals surface area contributed by atoms with E-state index in [1.54, 1.807) is 0 Å². The monoisotopic (exact) mass is 307 g/mol. The van der Waals surface area contributed by atoms with Crippen molar-refractivity contribution >= 4 is 11.3 Å². The van der Waals surface area contributed by atoms with E-state index in [0.717, 1.165) is 39.1 Å². The molecule has 0 fully saturated rings. The third-order valence-corrected chi connectivity index (χ3v) is 4.18. The van der Waals surface area contributed by atoms with Crippen molar-refractivity contribution in [3.63, 3.8) is 0 Å². The van der Waals surface area contributed by atoms with Crippen LogP contribution in [0.25, 0.3) is 10.6 Å². The predicted molar refractivity (Wildman–Crippen MR) is 85.2 cm³/mol. The number of aliphatic hydroxyl groups excluding tert-OH is 1. The number of thiazole rings is 1. The number of rotatable bonds is 7. The fourth-order valence-electron chi connectivity index (χ4n) is 2.09. The fourth-order valence-corrected chi connectivity index (χ4v) is 3.10. The maximum Gasteiger partial charge on any atom is 0.161 e. The van der Waals surface area contributed by atoms with E-state index in [1.165, 1.54) is 11.3 Å². The third-order valence-electron chi connectivity index (χ3n) is 3.05. The van der Waals surface area contributed by atoms with Crippen molar-refractivity contribution in [2.75, 3.05) is 13.2 Å². The van der Waals surface area contributed by atoms with Gasteiger partial charge in [0.1, 0.15) is 5.01 Å². The number of aliphatic hydroxyl groups is 1. The lowest BCUT2D eigenvalue weighted by Crippen LogP contribution is -1.98. The van der Waals surface area contributed by atoms with E-state index in [2.05, 4.69) is 4.98 Å². The largest absolute Gasteiger partial charge is 0.490 e. The van der Waals surface area contributed by atoms with Crippen molar-refractivity contribution in [1.29, 1.82) is 0 Å². The van der Waals surface area contributed by atoms with Gasteiger partial charge in [-0.3, -0.25) is 0 Å². The molecule has 0 aliphatic rings. The van der Waals surface area contributed by atoms with Gasteiger partial charge >= 0.3 is 0 Å². The van der Waals surface area contributed by atoms with Gasteiger partial charge in [-0.25, -0.2) is 4.98 Å². The first-order chi connectivity index (χ1) is 10.2. The van der Waals surface area contributed by atoms with Crippen LogP contribution in [0.15, 0.2) is 18.2 Å². The molecule has 5 heteroatoms. The second-order valence-electron chi connectivity index (χ2n) is 4.43. The quantitative estimate of drug-likeness (QED) is 0.848. The smallest absolute Gasteiger partial charge is 0.161 e. The van der Waals surface area contributed by atoms with Crippen LogP contribution in [0.3, 0.4) is 0 Å². The number of hydrogen-bond donors (Lipinski definition) is 1. The first-order valence-corrected chi connectivity index (χ1v) is 8.04. The fraction of sp³-hybridized carbons (Fsp3) is 0.438. The van der Waals surface area contributed by atoms with Gasteiger partial charge in [0.25, 0.3) is 0 Å². The van der Waals surface area contributed by atoms with Crippen LogP contribution in [0.2, 0.25) is 0 Å². The summed E-state index contributed by atoms with van der Waals surface area (Å²) >= 11 is 1.53. The number of benzene rings is 1. The topological polar surface area (TPSA) is 51.6 Å². The first kappa shape index (κ1) is 15.8. The minimum atomic E-state index is 0.0379. The van der Waals surface area contributed by atoms with E-state index in [1.807, 2.05) is 39.0 Å². The summed E-state index contributed by atoms with van der Waals surface area (Å²) in [7, 11) is 0. The first-order valence-electron chi connectivity index (χ1n) is 7.22. The van der Waals surface area contributed by atoms with Crippen LogP contribution in [0, 0.1) is 0 Å². The van der Waals surface area contributed by atoms with E-state index in [0.29, 0.717) is 13.2 Å². The number of hydrogen-bond acceptors (Lipinski definition) is 5. The van der Waals surface area contributed by atoms with Crippen LogP contribution in [0.1, 0.15) is 31.3 Å². The Bertz CT molecular complexity index is 574. The zero-order valence-electron chi connectivity index (χ0n) is 12.7. The molecule has 21 heavy (non-hydrogen) atoms. The number of ether oxygens (including phenoxy) is 2. The molecule has 1 heterocycles. The molecule has 0 aliphatic carbocycles. The number of nitrogens with zero attached hydrogens (tertiary/aromatic N) is 1. The normalized spacial score (nSPS) is 10.7. The van der Waals surface area contributed by atoms with Gasteiger partial charge in [-0.1, -0.05) is 6.92 Å². The van der Waals surface area contributed by atoms with Gasteiger partial charge in [0.05, 0.1) is 30.4 Å². The molecule has 0 saturated carbocycles. The van der Waals surface area contributed by atoms with Crippen molar-refractivity contribution in [2.45, 2.75) is 33.8 Å². The predicted octanol–water partition coefficient (Wildman–Crippen LogP) is 3.66. The van der Waals surface area contributed by atoms with Crippen LogP contribution in [0.4, 0.5) is 0 Å². The Kier molecular flexibility index (Phi) is 5.59. The molecular formula is C16H21NO3S. The van der Waals surface area contributed by atoms with Crippen LogP contribution < -0.4 is 9.47 Å². The molecule has 0 unspecified atom stereocenters. The lowest BCUT2D eigenvalue weighted by atomic mass is 10.2. The van der Waals surface area contributed by atoms with E-state index in [9.17, 15) is 5.11 Å². The molecule has 114 valence electrons. The van der Waals surface area contributed by atoms with Crippen molar-refractivity contribution < 1.29 is 14.6 Å². The lowest BCUT2D eigenvalue weighted by Gasteiger charge is -2.11. The summed E-state index contributed by atoms with van der Waals surface area (Å²) in [5.41, 5.74) is 1.95. The van der Waals surface area contributed by atoms with Gasteiger partial charge in [0.2, 0.25) is 0 Å². The van der Waals surface area contributed by atoms with Crippen LogP contribution in [-0.2, 0) is 13.0 Å². The van der Waals surface area contributed by atoms with Crippen molar-refractivity contribution in [1.82, 2.24) is 4.98 Å². The molecule has 1 aromatic carbocycles. The molecular weight excluding hydrogens is 286 g/mol. The van der Waals surface area contributed by atoms with Gasteiger partial charge in [-0.15, -0.1) is 11.3 Å². The molecule has 1 N–H and O–H groups in total. The Balaban J connectivity index is 2.39. The average Bonchev–Trinajstić information content (AvgIpc) is 2.93. The van der Waals surface area contributed by atoms with Crippen molar-refractivity contribution in [3.8, 4) is 22.1 Å². The highest BCUT2D eigenvalue weighted by atomic mass is 32.1. The average molecular weight is 307 g/mol. The Hall–Kier alpha value is -1.59. The standard InChI is InChI=1S/C16H21NO3S/c1-4-12-15(10-18)21-16(17-12)11-7-8-13(19-5-2)14(9-11)20-6-3/h7-9,18H,4-6,10H2,1-3H3. The summed E-state index contributed by atoms with van der Waals surface area (Å²) in [5, 5.41) is 10.3.